The lowest BCUT2D eigenvalue weighted by molar-refractivity contribution is -0.138. The Morgan fingerprint density at radius 1 is 1.62 bits per heavy atom. The molecule has 1 aromatic rings. The average Bonchev–Trinajstić information content (AvgIpc) is 3.07. The summed E-state index contributed by atoms with van der Waals surface area (Å²) in [5.41, 5.74) is 1.57. The number of rotatable bonds is 4. The Labute approximate surface area is 92.2 Å². The highest BCUT2D eigenvalue weighted by Crippen LogP contribution is 2.46. The first-order valence-corrected chi connectivity index (χ1v) is 4.97. The van der Waals surface area contributed by atoms with Gasteiger partial charge >= 0.3 is 5.97 Å². The summed E-state index contributed by atoms with van der Waals surface area (Å²) in [7, 11) is 0. The zero-order valence-electron chi connectivity index (χ0n) is 8.58. The molecule has 1 aliphatic carbocycles. The van der Waals surface area contributed by atoms with Crippen molar-refractivity contribution in [1.29, 1.82) is 0 Å². The molecule has 6 heteroatoms. The smallest absolute Gasteiger partial charge is 0.307 e. The van der Waals surface area contributed by atoms with Crippen LogP contribution in [-0.4, -0.2) is 16.1 Å². The monoisotopic (exact) mass is 220 g/mol. The van der Waals surface area contributed by atoms with Gasteiger partial charge in [-0.25, -0.2) is 0 Å². The maximum atomic E-state index is 10.7. The van der Waals surface area contributed by atoms with Crippen molar-refractivity contribution < 1.29 is 9.90 Å². The first-order valence-electron chi connectivity index (χ1n) is 4.97. The van der Waals surface area contributed by atoms with Crippen molar-refractivity contribution in [1.82, 2.24) is 4.98 Å². The van der Waals surface area contributed by atoms with Crippen molar-refractivity contribution in [3.63, 3.8) is 0 Å². The van der Waals surface area contributed by atoms with Crippen molar-refractivity contribution >= 4 is 5.97 Å². The predicted molar refractivity (Wildman–Crippen MR) is 55.5 cm³/mol. The highest BCUT2D eigenvalue weighted by molar-refractivity contribution is 5.75. The molecule has 1 fully saturated rings. The number of nitrogens with zero attached hydrogens (tertiary/aromatic N) is 3. The summed E-state index contributed by atoms with van der Waals surface area (Å²) in [5.74, 6) is 3.92. The molecule has 1 aromatic heterocycles. The molecule has 6 nitrogen and oxygen atoms in total. The van der Waals surface area contributed by atoms with E-state index in [1.807, 2.05) is 18.2 Å². The molecule has 0 bridgehead atoms. The molecule has 16 heavy (non-hydrogen) atoms. The van der Waals surface area contributed by atoms with Crippen molar-refractivity contribution in [3.05, 3.63) is 29.6 Å². The summed E-state index contributed by atoms with van der Waals surface area (Å²) >= 11 is 0. The van der Waals surface area contributed by atoms with Crippen LogP contribution in [0.3, 0.4) is 0 Å². The van der Waals surface area contributed by atoms with Gasteiger partial charge in [-0.2, -0.15) is 5.11 Å². The molecule has 84 valence electrons. The van der Waals surface area contributed by atoms with E-state index >= 15 is 0 Å². The number of carbonyl (C=O) groups is 1. The molecule has 1 heterocycles. The summed E-state index contributed by atoms with van der Waals surface area (Å²) in [5, 5.41) is 15.6. The van der Waals surface area contributed by atoms with E-state index in [1.165, 1.54) is 0 Å². The molecule has 1 aliphatic rings. The first-order chi connectivity index (χ1) is 7.72. The summed E-state index contributed by atoms with van der Waals surface area (Å²) in [6.45, 7) is 0.328. The molecule has 3 N–H and O–H groups in total. The zero-order valence-corrected chi connectivity index (χ0v) is 8.58. The standard InChI is InChI=1S/C10H12N4O2/c11-14-12-5-6-2-1-3-9(13-6)7-4-8(7)10(15)16/h1-3,7-8H,4-5H2,(H2,11,12)(H,15,16)/t7-,8?/m1/s1. The van der Waals surface area contributed by atoms with Crippen LogP contribution in [0.15, 0.2) is 28.5 Å². The fraction of sp³-hybridized carbons (Fsp3) is 0.400. The minimum Gasteiger partial charge on any atom is -0.481 e. The number of aliphatic carboxylic acids is 1. The summed E-state index contributed by atoms with van der Waals surface area (Å²) < 4.78 is 0. The summed E-state index contributed by atoms with van der Waals surface area (Å²) in [6, 6.07) is 5.51. The molecular weight excluding hydrogens is 208 g/mol. The lowest BCUT2D eigenvalue weighted by Crippen LogP contribution is -2.01. The van der Waals surface area contributed by atoms with Crippen molar-refractivity contribution in [2.75, 3.05) is 0 Å². The largest absolute Gasteiger partial charge is 0.481 e. The third-order valence-electron chi connectivity index (χ3n) is 2.63. The molecule has 1 saturated carbocycles. The van der Waals surface area contributed by atoms with Gasteiger partial charge in [0.1, 0.15) is 6.54 Å². The Kier molecular flexibility index (Phi) is 2.80. The van der Waals surface area contributed by atoms with Gasteiger partial charge in [0.2, 0.25) is 0 Å². The summed E-state index contributed by atoms with van der Waals surface area (Å²) in [6.07, 6.45) is 0.671. The lowest BCUT2D eigenvalue weighted by Gasteiger charge is -2.00. The Balaban J connectivity index is 2.09. The lowest BCUT2D eigenvalue weighted by atomic mass is 10.2. The van der Waals surface area contributed by atoms with E-state index in [9.17, 15) is 4.79 Å². The van der Waals surface area contributed by atoms with E-state index in [2.05, 4.69) is 15.3 Å². The Morgan fingerprint density at radius 2 is 2.44 bits per heavy atom. The Bertz CT molecular complexity index is 433. The number of nitrogens with two attached hydrogens (primary N) is 1. The highest BCUT2D eigenvalue weighted by atomic mass is 16.4. The first kappa shape index (κ1) is 10.5. The van der Waals surface area contributed by atoms with Crippen LogP contribution in [0, 0.1) is 5.92 Å². The second-order valence-corrected chi connectivity index (χ2v) is 3.76. The number of hydrogen-bond donors (Lipinski definition) is 2. The molecule has 0 radical (unpaired) electrons. The van der Waals surface area contributed by atoms with Gasteiger partial charge in [-0.15, -0.1) is 0 Å². The molecule has 1 unspecified atom stereocenters. The van der Waals surface area contributed by atoms with E-state index in [0.717, 1.165) is 11.4 Å². The normalized spacial score (nSPS) is 23.5. The SMILES string of the molecule is NN=NCc1cccc([C@@H]2CC2C(=O)O)n1. The average molecular weight is 220 g/mol. The molecule has 0 aromatic carbocycles. The molecular formula is C10H12N4O2. The van der Waals surface area contributed by atoms with Gasteiger partial charge in [-0.1, -0.05) is 11.3 Å². The van der Waals surface area contributed by atoms with E-state index < -0.39 is 5.97 Å². The molecule has 2 rings (SSSR count). The van der Waals surface area contributed by atoms with Crippen LogP contribution >= 0.6 is 0 Å². The third-order valence-corrected chi connectivity index (χ3v) is 2.63. The number of aromatic nitrogens is 1. The van der Waals surface area contributed by atoms with Crippen LogP contribution in [-0.2, 0) is 11.3 Å². The van der Waals surface area contributed by atoms with Crippen molar-refractivity contribution in [3.8, 4) is 0 Å². The zero-order chi connectivity index (χ0) is 11.5. The third kappa shape index (κ3) is 2.16. The van der Waals surface area contributed by atoms with Crippen molar-refractivity contribution in [2.45, 2.75) is 18.9 Å². The van der Waals surface area contributed by atoms with Crippen LogP contribution in [0.4, 0.5) is 0 Å². The highest BCUT2D eigenvalue weighted by Gasteiger charge is 2.45. The van der Waals surface area contributed by atoms with Gasteiger partial charge < -0.3 is 10.9 Å². The second kappa shape index (κ2) is 4.26. The van der Waals surface area contributed by atoms with Crippen LogP contribution < -0.4 is 5.84 Å². The fourth-order valence-corrected chi connectivity index (χ4v) is 1.70. The van der Waals surface area contributed by atoms with Gasteiger partial charge in [0, 0.05) is 11.6 Å². The number of carboxylic acids is 1. The van der Waals surface area contributed by atoms with Crippen LogP contribution in [0.5, 0.6) is 0 Å². The van der Waals surface area contributed by atoms with Crippen LogP contribution in [0.25, 0.3) is 0 Å². The number of hydrogen-bond acceptors (Lipinski definition) is 4. The minimum atomic E-state index is -0.751. The maximum Gasteiger partial charge on any atom is 0.307 e. The molecule has 0 saturated heterocycles. The van der Waals surface area contributed by atoms with E-state index in [-0.39, 0.29) is 11.8 Å². The minimum absolute atomic E-state index is 0.0484. The second-order valence-electron chi connectivity index (χ2n) is 3.76. The molecule has 0 aliphatic heterocycles. The summed E-state index contributed by atoms with van der Waals surface area (Å²) in [4.78, 5) is 15.1. The maximum absolute atomic E-state index is 10.7. The van der Waals surface area contributed by atoms with E-state index in [0.29, 0.717) is 13.0 Å². The quantitative estimate of drug-likeness (QED) is 0.450. The van der Waals surface area contributed by atoms with Crippen LogP contribution in [0.1, 0.15) is 23.7 Å². The fourth-order valence-electron chi connectivity index (χ4n) is 1.70. The van der Waals surface area contributed by atoms with Gasteiger partial charge in [0.05, 0.1) is 11.6 Å². The molecule has 2 atom stereocenters. The Hall–Kier alpha value is -1.98. The van der Waals surface area contributed by atoms with Gasteiger partial charge in [-0.3, -0.25) is 9.78 Å². The topological polar surface area (TPSA) is 101 Å². The molecule has 0 amide bonds. The Morgan fingerprint density at radius 3 is 3.06 bits per heavy atom. The number of carboxylic acid groups (broad SMARTS) is 1. The van der Waals surface area contributed by atoms with Gasteiger partial charge in [0.15, 0.2) is 0 Å². The predicted octanol–water partition coefficient (Wildman–Crippen LogP) is 1.10. The number of pyridine rings is 1. The van der Waals surface area contributed by atoms with E-state index in [4.69, 9.17) is 10.9 Å². The van der Waals surface area contributed by atoms with Crippen molar-refractivity contribution in [2.24, 2.45) is 22.1 Å². The van der Waals surface area contributed by atoms with E-state index in [1.54, 1.807) is 0 Å². The van der Waals surface area contributed by atoms with Crippen LogP contribution in [0.2, 0.25) is 0 Å². The molecule has 0 spiro atoms. The van der Waals surface area contributed by atoms with Gasteiger partial charge in [-0.05, 0) is 18.6 Å². The van der Waals surface area contributed by atoms with Gasteiger partial charge in [0.25, 0.3) is 0 Å².